The van der Waals surface area contributed by atoms with Crippen LogP contribution in [-0.2, 0) is 4.74 Å². The molecule has 182 valence electrons. The first-order valence-electron chi connectivity index (χ1n) is 11.5. The lowest BCUT2D eigenvalue weighted by molar-refractivity contribution is 0.0509. The molecule has 1 saturated heterocycles. The Morgan fingerprint density at radius 1 is 1.26 bits per heavy atom. The van der Waals surface area contributed by atoms with E-state index >= 15 is 0 Å². The number of ether oxygens (including phenoxy) is 2. The fourth-order valence-corrected chi connectivity index (χ4v) is 4.22. The summed E-state index contributed by atoms with van der Waals surface area (Å²) in [4.78, 5) is 14.2. The molecule has 1 fully saturated rings. The van der Waals surface area contributed by atoms with Crippen molar-refractivity contribution in [2.45, 2.75) is 59.6 Å². The molecule has 0 bridgehead atoms. The van der Waals surface area contributed by atoms with Gasteiger partial charge in [0, 0.05) is 19.2 Å². The van der Waals surface area contributed by atoms with E-state index in [1.54, 1.807) is 16.8 Å². The third-order valence-electron chi connectivity index (χ3n) is 5.65. The van der Waals surface area contributed by atoms with Gasteiger partial charge in [0.05, 0.1) is 29.4 Å². The molecular formula is C24H31FN6O3. The second-order valence-electron chi connectivity index (χ2n) is 9.45. The molecule has 1 N–H and O–H groups in total. The molecule has 0 saturated carbocycles. The van der Waals surface area contributed by atoms with Crippen molar-refractivity contribution in [1.82, 2.24) is 25.3 Å². The number of hydrogen-bond donors (Lipinski definition) is 1. The maximum Gasteiger partial charge on any atom is 0.407 e. The minimum atomic E-state index is -0.558. The molecule has 0 spiro atoms. The number of alkyl carbamates (subject to hydrolysis) is 1. The fraction of sp³-hybridized carbons (Fsp3) is 0.500. The van der Waals surface area contributed by atoms with Crippen LogP contribution in [-0.4, -0.2) is 57.4 Å². The molecule has 34 heavy (non-hydrogen) atoms. The minimum Gasteiger partial charge on any atom is -0.494 e. The number of aryl methyl sites for hydroxylation is 2. The second kappa shape index (κ2) is 9.08. The summed E-state index contributed by atoms with van der Waals surface area (Å²) >= 11 is 0. The predicted molar refractivity (Wildman–Crippen MR) is 127 cm³/mol. The molecule has 1 aliphatic heterocycles. The third-order valence-corrected chi connectivity index (χ3v) is 5.65. The Labute approximate surface area is 198 Å². The van der Waals surface area contributed by atoms with E-state index in [4.69, 9.17) is 14.6 Å². The molecule has 0 unspecified atom stereocenters. The van der Waals surface area contributed by atoms with Crippen molar-refractivity contribution in [3.63, 3.8) is 0 Å². The van der Waals surface area contributed by atoms with Crippen molar-refractivity contribution in [3.8, 4) is 11.4 Å². The number of fused-ring (bicyclic) bond motifs is 1. The Bertz CT molecular complexity index is 1220. The summed E-state index contributed by atoms with van der Waals surface area (Å²) in [5.74, 6) is 0.658. The maximum atomic E-state index is 14.9. The lowest BCUT2D eigenvalue weighted by Crippen LogP contribution is -2.40. The fourth-order valence-electron chi connectivity index (χ4n) is 4.22. The first-order valence-corrected chi connectivity index (χ1v) is 11.5. The van der Waals surface area contributed by atoms with E-state index in [9.17, 15) is 9.18 Å². The van der Waals surface area contributed by atoms with Gasteiger partial charge in [-0.1, -0.05) is 0 Å². The highest BCUT2D eigenvalue weighted by Crippen LogP contribution is 2.32. The monoisotopic (exact) mass is 470 g/mol. The van der Waals surface area contributed by atoms with Crippen molar-refractivity contribution < 1.29 is 18.7 Å². The van der Waals surface area contributed by atoms with Crippen LogP contribution in [0.4, 0.5) is 15.0 Å². The number of aromatic nitrogens is 4. The van der Waals surface area contributed by atoms with Gasteiger partial charge in [-0.05, 0) is 60.1 Å². The van der Waals surface area contributed by atoms with Gasteiger partial charge in [0.25, 0.3) is 0 Å². The number of nitrogens with zero attached hydrogens (tertiary/aromatic N) is 5. The van der Waals surface area contributed by atoms with Gasteiger partial charge in [0.2, 0.25) is 0 Å². The highest BCUT2D eigenvalue weighted by molar-refractivity contribution is 5.92. The van der Waals surface area contributed by atoms with Crippen LogP contribution in [0, 0.1) is 19.7 Å². The summed E-state index contributed by atoms with van der Waals surface area (Å²) in [5, 5.41) is 17.3. The Morgan fingerprint density at radius 2 is 2.03 bits per heavy atom. The minimum absolute atomic E-state index is 0.0836. The molecule has 3 aromatic rings. The van der Waals surface area contributed by atoms with Crippen molar-refractivity contribution in [2.24, 2.45) is 0 Å². The van der Waals surface area contributed by atoms with Crippen LogP contribution < -0.4 is 15.0 Å². The standard InChI is InChI=1S/C24H31FN6O3/c1-7-33-17-8-9-19(18(25)12-17)31-15(3)20-14(2)27-28-22(21(20)29-31)30-11-10-16(13-30)26-23(32)34-24(4,5)6/h8-9,12,16H,7,10-11,13H2,1-6H3,(H,26,32)/t16-/m1/s1. The molecule has 1 aromatic carbocycles. The van der Waals surface area contributed by atoms with Crippen LogP contribution in [0.5, 0.6) is 5.75 Å². The van der Waals surface area contributed by atoms with Gasteiger partial charge in [0.15, 0.2) is 11.6 Å². The van der Waals surface area contributed by atoms with Crippen LogP contribution in [0.1, 0.15) is 45.5 Å². The first kappa shape index (κ1) is 23.7. The van der Waals surface area contributed by atoms with Crippen LogP contribution >= 0.6 is 0 Å². The quantitative estimate of drug-likeness (QED) is 0.601. The van der Waals surface area contributed by atoms with Gasteiger partial charge in [0.1, 0.15) is 22.6 Å². The number of amides is 1. The Balaban J connectivity index is 1.63. The van der Waals surface area contributed by atoms with Crippen LogP contribution in [0.25, 0.3) is 16.6 Å². The molecule has 1 amide bonds. The van der Waals surface area contributed by atoms with Crippen molar-refractivity contribution in [1.29, 1.82) is 0 Å². The number of halogens is 1. The molecular weight excluding hydrogens is 439 g/mol. The number of nitrogens with one attached hydrogen (secondary N) is 1. The zero-order valence-corrected chi connectivity index (χ0v) is 20.5. The van der Waals surface area contributed by atoms with E-state index in [-0.39, 0.29) is 6.04 Å². The summed E-state index contributed by atoms with van der Waals surface area (Å²) in [6.07, 6.45) is 0.300. The lowest BCUT2D eigenvalue weighted by Gasteiger charge is -2.22. The van der Waals surface area contributed by atoms with Gasteiger partial charge >= 0.3 is 6.09 Å². The number of carbonyl (C=O) groups is 1. The molecule has 1 aliphatic rings. The number of carbonyl (C=O) groups excluding carboxylic acids is 1. The molecule has 0 aliphatic carbocycles. The highest BCUT2D eigenvalue weighted by Gasteiger charge is 2.30. The van der Waals surface area contributed by atoms with Crippen LogP contribution in [0.3, 0.4) is 0 Å². The van der Waals surface area contributed by atoms with Crippen molar-refractivity contribution >= 4 is 22.8 Å². The Morgan fingerprint density at radius 3 is 2.71 bits per heavy atom. The van der Waals surface area contributed by atoms with Gasteiger partial charge < -0.3 is 19.7 Å². The number of rotatable bonds is 5. The van der Waals surface area contributed by atoms with Gasteiger partial charge in [-0.15, -0.1) is 5.10 Å². The molecule has 1 atom stereocenters. The molecule has 4 rings (SSSR count). The molecule has 3 heterocycles. The molecule has 9 nitrogen and oxygen atoms in total. The molecule has 0 radical (unpaired) electrons. The topological polar surface area (TPSA) is 94.4 Å². The largest absolute Gasteiger partial charge is 0.494 e. The van der Waals surface area contributed by atoms with Crippen molar-refractivity contribution in [3.05, 3.63) is 35.4 Å². The van der Waals surface area contributed by atoms with E-state index in [2.05, 4.69) is 15.5 Å². The Kier molecular flexibility index (Phi) is 6.33. The van der Waals surface area contributed by atoms with Crippen molar-refractivity contribution in [2.75, 3.05) is 24.6 Å². The van der Waals surface area contributed by atoms with E-state index in [0.29, 0.717) is 42.5 Å². The second-order valence-corrected chi connectivity index (χ2v) is 9.45. The van der Waals surface area contributed by atoms with Gasteiger partial charge in [-0.3, -0.25) is 0 Å². The zero-order chi connectivity index (χ0) is 24.6. The summed E-state index contributed by atoms with van der Waals surface area (Å²) in [5.41, 5.74) is 1.91. The highest BCUT2D eigenvalue weighted by atomic mass is 19.1. The Hall–Kier alpha value is -3.43. The van der Waals surface area contributed by atoms with Crippen LogP contribution in [0.15, 0.2) is 18.2 Å². The third kappa shape index (κ3) is 4.76. The summed E-state index contributed by atoms with van der Waals surface area (Å²) in [6, 6.07) is 4.67. The van der Waals surface area contributed by atoms with Crippen LogP contribution in [0.2, 0.25) is 0 Å². The smallest absolute Gasteiger partial charge is 0.407 e. The average molecular weight is 471 g/mol. The predicted octanol–water partition coefficient (Wildman–Crippen LogP) is 4.07. The first-order chi connectivity index (χ1) is 16.1. The summed E-state index contributed by atoms with van der Waals surface area (Å²) < 4.78 is 27.3. The van der Waals surface area contributed by atoms with E-state index in [1.165, 1.54) is 6.07 Å². The SMILES string of the molecule is CCOc1ccc(-n2nc3c(N4CC[C@@H](NC(=O)OC(C)(C)C)C4)nnc(C)c3c2C)c(F)c1. The summed E-state index contributed by atoms with van der Waals surface area (Å²) in [7, 11) is 0. The average Bonchev–Trinajstić information content (AvgIpc) is 3.32. The molecule has 10 heteroatoms. The number of benzene rings is 1. The van der Waals surface area contributed by atoms with E-state index in [0.717, 1.165) is 23.2 Å². The number of hydrogen-bond acceptors (Lipinski definition) is 7. The summed E-state index contributed by atoms with van der Waals surface area (Å²) in [6.45, 7) is 12.8. The molecule has 2 aromatic heterocycles. The van der Waals surface area contributed by atoms with E-state index in [1.807, 2.05) is 46.4 Å². The number of anilines is 1. The lowest BCUT2D eigenvalue weighted by atomic mass is 10.2. The van der Waals surface area contributed by atoms with Gasteiger partial charge in [-0.2, -0.15) is 10.2 Å². The van der Waals surface area contributed by atoms with Gasteiger partial charge in [-0.25, -0.2) is 13.9 Å². The maximum absolute atomic E-state index is 14.9. The normalized spacial score (nSPS) is 16.2. The zero-order valence-electron chi connectivity index (χ0n) is 20.5. The van der Waals surface area contributed by atoms with E-state index < -0.39 is 17.5 Å².